The molecule has 0 saturated heterocycles. The van der Waals surface area contributed by atoms with Gasteiger partial charge in [-0.3, -0.25) is 14.5 Å². The van der Waals surface area contributed by atoms with Gasteiger partial charge in [0.05, 0.1) is 10.6 Å². The van der Waals surface area contributed by atoms with Crippen LogP contribution in [0.5, 0.6) is 0 Å². The molecular weight excluding hydrogens is 480 g/mol. The van der Waals surface area contributed by atoms with Crippen molar-refractivity contribution in [2.75, 3.05) is 18.2 Å². The van der Waals surface area contributed by atoms with E-state index in [2.05, 4.69) is 4.98 Å². The second-order valence-electron chi connectivity index (χ2n) is 6.84. The number of anilines is 1. The van der Waals surface area contributed by atoms with E-state index in [-0.39, 0.29) is 31.9 Å². The third-order valence-electron chi connectivity index (χ3n) is 4.59. The number of halogens is 3. The lowest BCUT2D eigenvalue weighted by Gasteiger charge is -2.20. The molecule has 0 unspecified atom stereocenters. The number of sulfone groups is 1. The fourth-order valence-corrected chi connectivity index (χ4v) is 4.31. The molecule has 0 fully saturated rings. The Bertz CT molecular complexity index is 1340. The smallest absolute Gasteiger partial charge is 0.263 e. The molecule has 0 saturated carbocycles. The molecule has 32 heavy (non-hydrogen) atoms. The van der Waals surface area contributed by atoms with Gasteiger partial charge in [-0.05, 0) is 36.4 Å². The van der Waals surface area contributed by atoms with Crippen LogP contribution in [0.2, 0.25) is 10.0 Å². The number of primary amides is 1. The highest BCUT2D eigenvalue weighted by molar-refractivity contribution is 7.90. The minimum absolute atomic E-state index is 0.130. The van der Waals surface area contributed by atoms with Crippen LogP contribution in [0.15, 0.2) is 53.6 Å². The lowest BCUT2D eigenvalue weighted by atomic mass is 10.0. The number of carbonyl (C=O) groups is 2. The number of nitrogens with two attached hydrogens (primary N) is 1. The van der Waals surface area contributed by atoms with Crippen molar-refractivity contribution < 1.29 is 22.4 Å². The van der Waals surface area contributed by atoms with Crippen molar-refractivity contribution in [2.45, 2.75) is 4.90 Å². The number of aromatic nitrogens is 1. The summed E-state index contributed by atoms with van der Waals surface area (Å²) in [6.45, 7) is 0. The van der Waals surface area contributed by atoms with Gasteiger partial charge in [-0.1, -0.05) is 29.3 Å². The molecule has 0 spiro atoms. The maximum Gasteiger partial charge on any atom is 0.263 e. The molecule has 2 N–H and O–H groups in total. The van der Waals surface area contributed by atoms with Gasteiger partial charge >= 0.3 is 0 Å². The molecule has 3 aromatic rings. The van der Waals surface area contributed by atoms with Crippen molar-refractivity contribution in [3.63, 3.8) is 0 Å². The molecule has 166 valence electrons. The van der Waals surface area contributed by atoms with Gasteiger partial charge in [0.15, 0.2) is 15.7 Å². The van der Waals surface area contributed by atoms with Crippen LogP contribution in [0.4, 0.5) is 10.2 Å². The molecule has 0 radical (unpaired) electrons. The maximum absolute atomic E-state index is 14.2. The Balaban J connectivity index is 2.16. The quantitative estimate of drug-likeness (QED) is 0.575. The fraction of sp³-hybridized carbons (Fsp3) is 0.0952. The summed E-state index contributed by atoms with van der Waals surface area (Å²) in [6, 6.07) is 9.28. The number of hydrogen-bond acceptors (Lipinski definition) is 5. The van der Waals surface area contributed by atoms with Gasteiger partial charge in [0.1, 0.15) is 10.7 Å². The van der Waals surface area contributed by atoms with E-state index in [1.165, 1.54) is 49.6 Å². The van der Waals surface area contributed by atoms with Crippen molar-refractivity contribution in [2.24, 2.45) is 5.73 Å². The summed E-state index contributed by atoms with van der Waals surface area (Å²) < 4.78 is 39.2. The Hall–Kier alpha value is -3.01. The molecule has 0 bridgehead atoms. The summed E-state index contributed by atoms with van der Waals surface area (Å²) in [7, 11) is -2.65. The zero-order chi connectivity index (χ0) is 23.8. The molecule has 11 heteroatoms. The first-order valence-electron chi connectivity index (χ1n) is 8.93. The number of carbonyl (C=O) groups excluding carboxylic acids is 2. The fourth-order valence-electron chi connectivity index (χ4n) is 2.98. The van der Waals surface area contributed by atoms with E-state index >= 15 is 0 Å². The van der Waals surface area contributed by atoms with Crippen LogP contribution < -0.4 is 10.6 Å². The average Bonchev–Trinajstić information content (AvgIpc) is 2.72. The van der Waals surface area contributed by atoms with E-state index in [1.807, 2.05) is 0 Å². The largest absolute Gasteiger partial charge is 0.366 e. The van der Waals surface area contributed by atoms with Crippen LogP contribution in [-0.4, -0.2) is 38.5 Å². The topological polar surface area (TPSA) is 110 Å². The predicted octanol–water partition coefficient (Wildman–Crippen LogP) is 3.97. The van der Waals surface area contributed by atoms with Gasteiger partial charge in [-0.15, -0.1) is 0 Å². The van der Waals surface area contributed by atoms with Crippen molar-refractivity contribution in [1.29, 1.82) is 0 Å². The first-order chi connectivity index (χ1) is 14.9. The Morgan fingerprint density at radius 2 is 1.78 bits per heavy atom. The van der Waals surface area contributed by atoms with E-state index in [0.29, 0.717) is 5.56 Å². The van der Waals surface area contributed by atoms with Crippen LogP contribution >= 0.6 is 23.2 Å². The Morgan fingerprint density at radius 3 is 2.38 bits per heavy atom. The van der Waals surface area contributed by atoms with Crippen molar-refractivity contribution in [3.05, 3.63) is 75.7 Å². The molecule has 2 amide bonds. The molecule has 0 aliphatic heterocycles. The van der Waals surface area contributed by atoms with E-state index in [9.17, 15) is 22.4 Å². The van der Waals surface area contributed by atoms with Gasteiger partial charge in [-0.25, -0.2) is 17.8 Å². The first-order valence-corrected chi connectivity index (χ1v) is 11.6. The number of amides is 2. The highest BCUT2D eigenvalue weighted by Gasteiger charge is 2.27. The standard InChI is InChI=1S/C21H16Cl2FN3O4S/c1-27(21(29)18-15(23)4-3-5-16(18)24)20-17(32(2,30)31)9-12(10-26-20)13-8-11(19(25)28)6-7-14(13)22/h3-10H,1-2H3,(H2,25,28). The monoisotopic (exact) mass is 495 g/mol. The number of benzene rings is 2. The number of hydrogen-bond donors (Lipinski definition) is 1. The molecular formula is C21H16Cl2FN3O4S. The van der Waals surface area contributed by atoms with Crippen molar-refractivity contribution in [3.8, 4) is 11.1 Å². The minimum atomic E-state index is -3.90. The third kappa shape index (κ3) is 4.59. The lowest BCUT2D eigenvalue weighted by molar-refractivity contribution is 0.0984. The summed E-state index contributed by atoms with van der Waals surface area (Å²) in [5.74, 6) is -2.67. The van der Waals surface area contributed by atoms with Gasteiger partial charge in [0.2, 0.25) is 5.91 Å². The number of pyridine rings is 1. The van der Waals surface area contributed by atoms with Gasteiger partial charge < -0.3 is 5.73 Å². The van der Waals surface area contributed by atoms with Gasteiger partial charge in [-0.2, -0.15) is 0 Å². The lowest BCUT2D eigenvalue weighted by Crippen LogP contribution is -2.29. The highest BCUT2D eigenvalue weighted by atomic mass is 35.5. The molecule has 0 aliphatic carbocycles. The maximum atomic E-state index is 14.2. The second kappa shape index (κ2) is 8.85. The summed E-state index contributed by atoms with van der Waals surface area (Å²) in [4.78, 5) is 29.1. The summed E-state index contributed by atoms with van der Waals surface area (Å²) >= 11 is 12.2. The summed E-state index contributed by atoms with van der Waals surface area (Å²) in [5, 5.41) is 0.0981. The molecule has 7 nitrogen and oxygen atoms in total. The molecule has 0 aliphatic rings. The van der Waals surface area contributed by atoms with E-state index in [1.54, 1.807) is 0 Å². The van der Waals surface area contributed by atoms with E-state index in [0.717, 1.165) is 17.2 Å². The zero-order valence-electron chi connectivity index (χ0n) is 16.8. The Kier molecular flexibility index (Phi) is 6.54. The normalized spacial score (nSPS) is 11.3. The second-order valence-corrected chi connectivity index (χ2v) is 9.64. The van der Waals surface area contributed by atoms with Crippen molar-refractivity contribution >= 4 is 50.7 Å². The van der Waals surface area contributed by atoms with Crippen molar-refractivity contribution in [1.82, 2.24) is 4.98 Å². The van der Waals surface area contributed by atoms with Crippen LogP contribution in [0.3, 0.4) is 0 Å². The minimum Gasteiger partial charge on any atom is -0.366 e. The predicted molar refractivity (Wildman–Crippen MR) is 120 cm³/mol. The number of nitrogens with zero attached hydrogens (tertiary/aromatic N) is 2. The molecule has 3 rings (SSSR count). The highest BCUT2D eigenvalue weighted by Crippen LogP contribution is 2.33. The van der Waals surface area contributed by atoms with Crippen LogP contribution in [0.25, 0.3) is 11.1 Å². The Morgan fingerprint density at radius 1 is 1.09 bits per heavy atom. The van der Waals surface area contributed by atoms with Crippen LogP contribution in [0, 0.1) is 5.82 Å². The van der Waals surface area contributed by atoms with Crippen LogP contribution in [0.1, 0.15) is 20.7 Å². The van der Waals surface area contributed by atoms with E-state index < -0.39 is 33.0 Å². The molecule has 2 aromatic carbocycles. The van der Waals surface area contributed by atoms with Gasteiger partial charge in [0, 0.05) is 41.2 Å². The zero-order valence-corrected chi connectivity index (χ0v) is 19.1. The summed E-state index contributed by atoms with van der Waals surface area (Å²) in [6.07, 6.45) is 2.22. The molecule has 0 atom stereocenters. The van der Waals surface area contributed by atoms with Gasteiger partial charge in [0.25, 0.3) is 5.91 Å². The average molecular weight is 496 g/mol. The Labute approximate surface area is 193 Å². The summed E-state index contributed by atoms with van der Waals surface area (Å²) in [5.41, 5.74) is 5.64. The molecule has 1 heterocycles. The molecule has 1 aromatic heterocycles. The van der Waals surface area contributed by atoms with E-state index in [4.69, 9.17) is 28.9 Å². The first kappa shape index (κ1) is 23.6. The van der Waals surface area contributed by atoms with Crippen LogP contribution in [-0.2, 0) is 9.84 Å². The SMILES string of the molecule is CN(C(=O)c1c(F)cccc1Cl)c1ncc(-c2cc(C(N)=O)ccc2Cl)cc1S(C)(=O)=O. The number of rotatable bonds is 5. The third-order valence-corrected chi connectivity index (χ3v) is 6.34.